The third kappa shape index (κ3) is 5.31. The number of rotatable bonds is 5. The molecule has 0 spiro atoms. The summed E-state index contributed by atoms with van der Waals surface area (Å²) < 4.78 is 0. The summed E-state index contributed by atoms with van der Waals surface area (Å²) in [6, 6.07) is 0. The van der Waals surface area contributed by atoms with E-state index >= 15 is 0 Å². The van der Waals surface area contributed by atoms with Crippen LogP contribution < -0.4 is 27.6 Å². The summed E-state index contributed by atoms with van der Waals surface area (Å²) in [5.74, 6) is 0. The second-order valence-electron chi connectivity index (χ2n) is 0.895. The minimum atomic E-state index is 1.72. The largest absolute Gasteiger partial charge is 0.246 e. The van der Waals surface area contributed by atoms with Crippen LogP contribution >= 0.6 is 0 Å². The van der Waals surface area contributed by atoms with E-state index in [9.17, 15) is 0 Å². The molecule has 0 saturated carbocycles. The fraction of sp³-hybridized carbons (Fsp3) is 0.500. The Morgan fingerprint density at radius 1 is 1.25 bits per heavy atom. The summed E-state index contributed by atoms with van der Waals surface area (Å²) >= 11 is 0. The maximum Gasteiger partial charge on any atom is 0.0121 e. The van der Waals surface area contributed by atoms with Crippen LogP contribution in [0.2, 0.25) is 0 Å². The first-order valence-corrected chi connectivity index (χ1v) is 2.04. The maximum atomic E-state index is 3.27. The fourth-order valence-corrected chi connectivity index (χ4v) is 0.161. The molecular weight excluding hydrogens is 108 g/mol. The lowest BCUT2D eigenvalue weighted by Crippen LogP contribution is -2.52. The molecule has 0 saturated heterocycles. The molecule has 0 aromatic carbocycles. The van der Waals surface area contributed by atoms with Crippen LogP contribution in [0.1, 0.15) is 0 Å². The Hall–Kier alpha value is -0.690. The van der Waals surface area contributed by atoms with Gasteiger partial charge in [-0.3, -0.25) is 0 Å². The van der Waals surface area contributed by atoms with Crippen LogP contribution in [-0.2, 0) is 0 Å². The molecule has 0 aliphatic carbocycles. The normalized spacial score (nSPS) is 8.62. The van der Waals surface area contributed by atoms with Gasteiger partial charge in [0.05, 0.1) is 0 Å². The van der Waals surface area contributed by atoms with Gasteiger partial charge in [0.2, 0.25) is 0 Å². The number of nitrogens with zero attached hydrogens (tertiary/aromatic N) is 1. The molecule has 0 aromatic heterocycles. The van der Waals surface area contributed by atoms with Crippen LogP contribution in [0.25, 0.3) is 0 Å². The number of hydrogen-bond acceptors (Lipinski definition) is 6. The highest BCUT2D eigenvalue weighted by atomic mass is 15.8. The molecule has 0 bridgehead atoms. The highest BCUT2D eigenvalue weighted by molar-refractivity contribution is 5.21. The zero-order valence-corrected chi connectivity index (χ0v) is 4.65. The predicted molar refractivity (Wildman–Crippen MR) is 31.2 cm³/mol. The van der Waals surface area contributed by atoms with E-state index in [-0.39, 0.29) is 0 Å². The molecule has 6 heteroatoms. The van der Waals surface area contributed by atoms with Gasteiger partial charge in [0, 0.05) is 6.72 Å². The van der Waals surface area contributed by atoms with Crippen molar-refractivity contribution in [1.82, 2.24) is 27.6 Å². The molecule has 0 fully saturated rings. The molecule has 8 heavy (non-hydrogen) atoms. The van der Waals surface area contributed by atoms with Crippen LogP contribution in [0.15, 0.2) is 5.10 Å². The summed E-state index contributed by atoms with van der Waals surface area (Å²) in [6.07, 6.45) is 0. The highest BCUT2D eigenvalue weighted by Gasteiger charge is 1.69. The van der Waals surface area contributed by atoms with Crippen molar-refractivity contribution in [3.63, 3.8) is 0 Å². The van der Waals surface area contributed by atoms with Gasteiger partial charge in [0.15, 0.2) is 0 Å². The first kappa shape index (κ1) is 7.31. The summed E-state index contributed by atoms with van der Waals surface area (Å²) in [5.41, 5.74) is 12.4. The standard InChI is InChI=1S/C2H10N6/c1-3-5-7-8-6-4-2/h4-8H,1H2,2H3. The van der Waals surface area contributed by atoms with E-state index < -0.39 is 0 Å². The molecule has 0 heterocycles. The van der Waals surface area contributed by atoms with Gasteiger partial charge in [-0.1, -0.05) is 0 Å². The summed E-state index contributed by atoms with van der Waals surface area (Å²) in [7, 11) is 1.72. The van der Waals surface area contributed by atoms with E-state index in [1.54, 1.807) is 7.05 Å². The van der Waals surface area contributed by atoms with Crippen molar-refractivity contribution in [2.45, 2.75) is 0 Å². The van der Waals surface area contributed by atoms with Crippen molar-refractivity contribution in [3.05, 3.63) is 0 Å². The van der Waals surface area contributed by atoms with E-state index in [2.05, 4.69) is 39.4 Å². The first-order chi connectivity index (χ1) is 3.91. The van der Waals surface area contributed by atoms with Gasteiger partial charge in [-0.05, 0) is 7.05 Å². The molecule has 0 atom stereocenters. The van der Waals surface area contributed by atoms with Crippen LogP contribution in [0.5, 0.6) is 0 Å². The first-order valence-electron chi connectivity index (χ1n) is 2.04. The Bertz CT molecular complexity index is 52.5. The summed E-state index contributed by atoms with van der Waals surface area (Å²) in [5, 5.41) is 3.27. The zero-order chi connectivity index (χ0) is 6.24. The number of hydrazone groups is 1. The third-order valence-corrected chi connectivity index (χ3v) is 0.385. The zero-order valence-electron chi connectivity index (χ0n) is 4.65. The summed E-state index contributed by atoms with van der Waals surface area (Å²) in [6.45, 7) is 3.15. The smallest absolute Gasteiger partial charge is 0.0121 e. The number of hydrazine groups is 4. The van der Waals surface area contributed by atoms with Gasteiger partial charge >= 0.3 is 0 Å². The van der Waals surface area contributed by atoms with Crippen LogP contribution in [-0.4, -0.2) is 13.8 Å². The van der Waals surface area contributed by atoms with Gasteiger partial charge in [0.25, 0.3) is 0 Å². The van der Waals surface area contributed by atoms with Crippen molar-refractivity contribution < 1.29 is 0 Å². The molecule has 6 nitrogen and oxygen atoms in total. The average Bonchev–Trinajstić information content (AvgIpc) is 1.81. The van der Waals surface area contributed by atoms with Crippen molar-refractivity contribution in [2.24, 2.45) is 5.10 Å². The molecule has 0 aromatic rings. The molecule has 0 aliphatic heterocycles. The average molecular weight is 118 g/mol. The topological polar surface area (TPSA) is 72.5 Å². The molecule has 48 valence electrons. The van der Waals surface area contributed by atoms with E-state index in [4.69, 9.17) is 0 Å². The Balaban J connectivity index is 2.62. The number of nitrogens with one attached hydrogen (secondary N) is 5. The minimum absolute atomic E-state index is 1.72. The van der Waals surface area contributed by atoms with Gasteiger partial charge in [-0.25, -0.2) is 11.0 Å². The number of hydrogen-bond donors (Lipinski definition) is 5. The Morgan fingerprint density at radius 2 is 2.00 bits per heavy atom. The molecule has 0 rings (SSSR count). The fourth-order valence-electron chi connectivity index (χ4n) is 0.161. The Labute approximate surface area is 47.6 Å². The molecule has 0 aliphatic rings. The molecule has 5 N–H and O–H groups in total. The summed E-state index contributed by atoms with van der Waals surface area (Å²) in [4.78, 5) is 0. The van der Waals surface area contributed by atoms with Crippen molar-refractivity contribution in [3.8, 4) is 0 Å². The van der Waals surface area contributed by atoms with E-state index in [0.717, 1.165) is 0 Å². The van der Waals surface area contributed by atoms with E-state index in [1.165, 1.54) is 0 Å². The van der Waals surface area contributed by atoms with E-state index in [1.807, 2.05) is 0 Å². The second-order valence-corrected chi connectivity index (χ2v) is 0.895. The monoisotopic (exact) mass is 118 g/mol. The molecule has 0 radical (unpaired) electrons. The van der Waals surface area contributed by atoms with Crippen molar-refractivity contribution in [2.75, 3.05) is 7.05 Å². The SMILES string of the molecule is C=NNNNNNC. The predicted octanol–water partition coefficient (Wildman–Crippen LogP) is -2.16. The van der Waals surface area contributed by atoms with E-state index in [0.29, 0.717) is 0 Å². The Morgan fingerprint density at radius 3 is 2.50 bits per heavy atom. The van der Waals surface area contributed by atoms with Crippen molar-refractivity contribution >= 4 is 6.72 Å². The molecule has 0 unspecified atom stereocenters. The lowest BCUT2D eigenvalue weighted by atomic mass is 11.5. The highest BCUT2D eigenvalue weighted by Crippen LogP contribution is 1.32. The van der Waals surface area contributed by atoms with Crippen LogP contribution in [0, 0.1) is 0 Å². The lowest BCUT2D eigenvalue weighted by Gasteiger charge is -2.03. The molecular formula is C2H10N6. The second kappa shape index (κ2) is 6.31. The third-order valence-electron chi connectivity index (χ3n) is 0.385. The lowest BCUT2D eigenvalue weighted by molar-refractivity contribution is 0.346. The van der Waals surface area contributed by atoms with Gasteiger partial charge in [-0.2, -0.15) is 16.2 Å². The van der Waals surface area contributed by atoms with Gasteiger partial charge < -0.3 is 0 Å². The van der Waals surface area contributed by atoms with Gasteiger partial charge in [-0.15, -0.1) is 5.53 Å². The van der Waals surface area contributed by atoms with Crippen LogP contribution in [0.4, 0.5) is 0 Å². The Kier molecular flexibility index (Phi) is 5.77. The molecule has 0 amide bonds. The van der Waals surface area contributed by atoms with Crippen LogP contribution in [0.3, 0.4) is 0 Å². The quantitative estimate of drug-likeness (QED) is 0.161. The van der Waals surface area contributed by atoms with Crippen molar-refractivity contribution in [1.29, 1.82) is 0 Å². The van der Waals surface area contributed by atoms with Gasteiger partial charge in [0.1, 0.15) is 0 Å². The maximum absolute atomic E-state index is 3.27. The minimum Gasteiger partial charge on any atom is -0.246 e.